The van der Waals surface area contributed by atoms with Gasteiger partial charge in [-0.3, -0.25) is 0 Å². The molecule has 2 aliphatic rings. The van der Waals surface area contributed by atoms with E-state index in [0.29, 0.717) is 5.41 Å². The van der Waals surface area contributed by atoms with Crippen molar-refractivity contribution in [3.05, 3.63) is 30.1 Å². The first kappa shape index (κ1) is 10.1. The molecule has 1 aromatic carbocycles. The molecule has 2 fully saturated rings. The lowest BCUT2D eigenvalue weighted by molar-refractivity contribution is 0.369. The molecule has 0 bridgehead atoms. The summed E-state index contributed by atoms with van der Waals surface area (Å²) in [5.41, 5.74) is 1.64. The lowest BCUT2D eigenvalue weighted by Gasteiger charge is -2.24. The maximum atomic E-state index is 12.8. The molecule has 2 saturated heterocycles. The van der Waals surface area contributed by atoms with Crippen molar-refractivity contribution >= 4 is 5.69 Å². The molecule has 0 radical (unpaired) electrons. The van der Waals surface area contributed by atoms with Crippen LogP contribution in [0.15, 0.2) is 24.3 Å². The minimum Gasteiger partial charge on any atom is -0.371 e. The predicted octanol–water partition coefficient (Wildman–Crippen LogP) is 2.02. The third kappa shape index (κ3) is 1.69. The Kier molecular flexibility index (Phi) is 2.36. The van der Waals surface area contributed by atoms with Crippen LogP contribution >= 0.6 is 0 Å². The van der Waals surface area contributed by atoms with E-state index in [1.165, 1.54) is 12.8 Å². The van der Waals surface area contributed by atoms with Gasteiger partial charge in [0.2, 0.25) is 0 Å². The van der Waals surface area contributed by atoms with Crippen LogP contribution < -0.4 is 10.2 Å². The van der Waals surface area contributed by atoms with Gasteiger partial charge in [-0.1, -0.05) is 0 Å². The van der Waals surface area contributed by atoms with Crippen molar-refractivity contribution in [1.82, 2.24) is 5.32 Å². The van der Waals surface area contributed by atoms with Crippen molar-refractivity contribution in [3.63, 3.8) is 0 Å². The van der Waals surface area contributed by atoms with Gasteiger partial charge >= 0.3 is 0 Å². The first-order chi connectivity index (χ1) is 7.77. The van der Waals surface area contributed by atoms with Crippen LogP contribution in [0.3, 0.4) is 0 Å². The Balaban J connectivity index is 1.75. The third-order valence-electron chi connectivity index (χ3n) is 3.96. The Morgan fingerprint density at radius 2 is 2.00 bits per heavy atom. The van der Waals surface area contributed by atoms with Gasteiger partial charge in [0.15, 0.2) is 0 Å². The van der Waals surface area contributed by atoms with Gasteiger partial charge < -0.3 is 10.2 Å². The molecule has 3 heteroatoms. The summed E-state index contributed by atoms with van der Waals surface area (Å²) in [7, 11) is 0. The molecule has 1 atom stereocenters. The molecule has 0 aliphatic carbocycles. The zero-order valence-electron chi connectivity index (χ0n) is 9.38. The van der Waals surface area contributed by atoms with Crippen molar-refractivity contribution in [3.8, 4) is 0 Å². The Labute approximate surface area is 95.4 Å². The van der Waals surface area contributed by atoms with Gasteiger partial charge in [-0.25, -0.2) is 4.39 Å². The average Bonchev–Trinajstić information content (AvgIpc) is 2.91. The number of hydrogen-bond donors (Lipinski definition) is 1. The fraction of sp³-hybridized carbons (Fsp3) is 0.538. The van der Waals surface area contributed by atoms with Crippen LogP contribution in [-0.2, 0) is 0 Å². The molecule has 2 nitrogen and oxygen atoms in total. The molecule has 1 unspecified atom stereocenters. The first-order valence-corrected chi connectivity index (χ1v) is 5.99. The van der Waals surface area contributed by atoms with E-state index >= 15 is 0 Å². The van der Waals surface area contributed by atoms with Gasteiger partial charge in [-0.15, -0.1) is 0 Å². The Morgan fingerprint density at radius 3 is 2.69 bits per heavy atom. The fourth-order valence-electron chi connectivity index (χ4n) is 2.95. The van der Waals surface area contributed by atoms with Crippen LogP contribution in [0.2, 0.25) is 0 Å². The highest BCUT2D eigenvalue weighted by atomic mass is 19.1. The summed E-state index contributed by atoms with van der Waals surface area (Å²) in [6.07, 6.45) is 2.54. The minimum atomic E-state index is -0.153. The highest BCUT2D eigenvalue weighted by molar-refractivity contribution is 5.47. The van der Waals surface area contributed by atoms with Crippen molar-refractivity contribution in [2.45, 2.75) is 12.8 Å². The molecular formula is C13H17FN2. The zero-order valence-corrected chi connectivity index (χ0v) is 9.38. The summed E-state index contributed by atoms with van der Waals surface area (Å²) in [5, 5.41) is 3.45. The molecule has 16 heavy (non-hydrogen) atoms. The molecule has 0 saturated carbocycles. The van der Waals surface area contributed by atoms with Gasteiger partial charge in [0.25, 0.3) is 0 Å². The monoisotopic (exact) mass is 220 g/mol. The number of benzene rings is 1. The second-order valence-corrected chi connectivity index (χ2v) is 5.07. The number of rotatable bonds is 1. The molecule has 86 valence electrons. The van der Waals surface area contributed by atoms with E-state index in [1.807, 2.05) is 12.1 Å². The van der Waals surface area contributed by atoms with Gasteiger partial charge in [-0.05, 0) is 43.7 Å². The quantitative estimate of drug-likeness (QED) is 0.779. The molecule has 3 rings (SSSR count). The predicted molar refractivity (Wildman–Crippen MR) is 63.1 cm³/mol. The maximum Gasteiger partial charge on any atom is 0.123 e. The van der Waals surface area contributed by atoms with Gasteiger partial charge in [-0.2, -0.15) is 0 Å². The standard InChI is InChI=1S/C13H17FN2/c14-11-1-3-12(4-2-11)16-8-6-13(10-16)5-7-15-9-13/h1-4,15H,5-10H2. The summed E-state index contributed by atoms with van der Waals surface area (Å²) >= 11 is 0. The fourth-order valence-corrected chi connectivity index (χ4v) is 2.95. The molecule has 1 N–H and O–H groups in total. The lowest BCUT2D eigenvalue weighted by Crippen LogP contribution is -2.29. The third-order valence-corrected chi connectivity index (χ3v) is 3.96. The van der Waals surface area contributed by atoms with Crippen molar-refractivity contribution in [2.75, 3.05) is 31.1 Å². The highest BCUT2D eigenvalue weighted by Gasteiger charge is 2.40. The summed E-state index contributed by atoms with van der Waals surface area (Å²) in [4.78, 5) is 2.38. The molecule has 0 amide bonds. The molecule has 2 aliphatic heterocycles. The van der Waals surface area contributed by atoms with E-state index in [-0.39, 0.29) is 5.82 Å². The smallest absolute Gasteiger partial charge is 0.123 e. The Bertz CT molecular complexity index is 368. The molecule has 1 aromatic rings. The van der Waals surface area contributed by atoms with Crippen molar-refractivity contribution in [1.29, 1.82) is 0 Å². The number of nitrogens with one attached hydrogen (secondary N) is 1. The van der Waals surface area contributed by atoms with Gasteiger partial charge in [0.05, 0.1) is 0 Å². The van der Waals surface area contributed by atoms with Crippen LogP contribution in [0.4, 0.5) is 10.1 Å². The van der Waals surface area contributed by atoms with E-state index in [4.69, 9.17) is 0 Å². The average molecular weight is 220 g/mol. The number of halogens is 1. The molecule has 2 heterocycles. The molecular weight excluding hydrogens is 203 g/mol. The summed E-state index contributed by atoms with van der Waals surface area (Å²) in [6, 6.07) is 6.87. The topological polar surface area (TPSA) is 15.3 Å². The summed E-state index contributed by atoms with van der Waals surface area (Å²) in [6.45, 7) is 4.51. The Morgan fingerprint density at radius 1 is 1.19 bits per heavy atom. The normalized spacial score (nSPS) is 29.2. The van der Waals surface area contributed by atoms with Crippen LogP contribution in [0.1, 0.15) is 12.8 Å². The van der Waals surface area contributed by atoms with E-state index in [9.17, 15) is 4.39 Å². The number of anilines is 1. The SMILES string of the molecule is Fc1ccc(N2CCC3(CCNC3)C2)cc1. The Hall–Kier alpha value is -1.09. The zero-order chi connectivity index (χ0) is 11.0. The van der Waals surface area contributed by atoms with E-state index in [2.05, 4.69) is 10.2 Å². The van der Waals surface area contributed by atoms with Crippen molar-refractivity contribution in [2.24, 2.45) is 5.41 Å². The summed E-state index contributed by atoms with van der Waals surface area (Å²) in [5.74, 6) is -0.153. The first-order valence-electron chi connectivity index (χ1n) is 5.99. The van der Waals surface area contributed by atoms with Crippen LogP contribution in [0.5, 0.6) is 0 Å². The highest BCUT2D eigenvalue weighted by Crippen LogP contribution is 2.37. The minimum absolute atomic E-state index is 0.153. The van der Waals surface area contributed by atoms with E-state index in [0.717, 1.165) is 31.9 Å². The summed E-state index contributed by atoms with van der Waals surface area (Å²) < 4.78 is 12.8. The largest absolute Gasteiger partial charge is 0.371 e. The van der Waals surface area contributed by atoms with Gasteiger partial charge in [0.1, 0.15) is 5.82 Å². The van der Waals surface area contributed by atoms with Gasteiger partial charge in [0, 0.05) is 30.7 Å². The van der Waals surface area contributed by atoms with E-state index < -0.39 is 0 Å². The second-order valence-electron chi connectivity index (χ2n) is 5.07. The van der Waals surface area contributed by atoms with E-state index in [1.54, 1.807) is 12.1 Å². The van der Waals surface area contributed by atoms with Crippen LogP contribution in [0.25, 0.3) is 0 Å². The number of hydrogen-bond acceptors (Lipinski definition) is 2. The van der Waals surface area contributed by atoms with Crippen LogP contribution in [0, 0.1) is 11.2 Å². The second kappa shape index (κ2) is 3.74. The molecule has 1 spiro atoms. The molecule has 0 aromatic heterocycles. The van der Waals surface area contributed by atoms with Crippen LogP contribution in [-0.4, -0.2) is 26.2 Å². The number of nitrogens with zero attached hydrogens (tertiary/aromatic N) is 1. The maximum absolute atomic E-state index is 12.8. The van der Waals surface area contributed by atoms with Crippen molar-refractivity contribution < 1.29 is 4.39 Å². The lowest BCUT2D eigenvalue weighted by atomic mass is 9.86.